The van der Waals surface area contributed by atoms with Gasteiger partial charge in [0.1, 0.15) is 11.5 Å². The zero-order valence-electron chi connectivity index (χ0n) is 60.4. The molecule has 0 spiro atoms. The summed E-state index contributed by atoms with van der Waals surface area (Å²) in [5.41, 5.74) is 3.72. The number of ether oxygens (including phenoxy) is 3. The summed E-state index contributed by atoms with van der Waals surface area (Å²) < 4.78 is 20.8. The molecular formula is C45H32Cl4N2O6S74. The van der Waals surface area contributed by atoms with Gasteiger partial charge in [0, 0.05) is 710 Å². The molecule has 8 nitrogen and oxygen atoms in total. The Balaban J connectivity index is 0.000000337. The van der Waals surface area contributed by atoms with Crippen molar-refractivity contribution in [3.63, 3.8) is 0 Å². The molecule has 0 unspecified atom stereocenters. The van der Waals surface area contributed by atoms with Crippen LogP contribution in [0.25, 0.3) is 21.8 Å². The summed E-state index contributed by atoms with van der Waals surface area (Å²) in [7, 11) is 125. The molecule has 0 aliphatic carbocycles. The van der Waals surface area contributed by atoms with E-state index in [4.69, 9.17) is 105 Å². The molecule has 0 saturated carbocycles. The second kappa shape index (κ2) is 95.1. The van der Waals surface area contributed by atoms with Crippen LogP contribution in [0, 0.1) is 0 Å². The molecule has 1 N–H and O–H groups in total. The lowest BCUT2D eigenvalue weighted by Gasteiger charge is -2.11. The van der Waals surface area contributed by atoms with Gasteiger partial charge >= 0.3 is 11.9 Å². The van der Waals surface area contributed by atoms with E-state index in [-0.39, 0.29) is 11.4 Å². The minimum Gasteiger partial charge on any atom is -0.476 e. The van der Waals surface area contributed by atoms with E-state index in [0.717, 1.165) is 22.0 Å². The van der Waals surface area contributed by atoms with Crippen molar-refractivity contribution >= 4 is 747 Å². The van der Waals surface area contributed by atoms with Gasteiger partial charge in [-0.2, -0.15) is 0 Å². The van der Waals surface area contributed by atoms with Gasteiger partial charge in [-0.3, -0.25) is 0 Å². The van der Waals surface area contributed by atoms with Gasteiger partial charge in [0.05, 0.1) is 18.1 Å². The summed E-state index contributed by atoms with van der Waals surface area (Å²) in [5.74, 6) is 0.248. The van der Waals surface area contributed by atoms with Crippen LogP contribution in [0.2, 0.25) is 20.1 Å². The number of methoxy groups -OCH3 is 1. The third-order valence-electron chi connectivity index (χ3n) is 10.8. The predicted octanol–water partition coefficient (Wildman–Crippen LogP) is 12.9. The second-order valence-corrected chi connectivity index (χ2v) is 143. The average Bonchev–Trinajstić information content (AvgIpc) is 1.61. The van der Waals surface area contributed by atoms with Gasteiger partial charge in [0.2, 0.25) is 0 Å². The number of rotatable bonds is 10. The van der Waals surface area contributed by atoms with Crippen molar-refractivity contribution in [1.29, 1.82) is 0 Å². The maximum atomic E-state index is 12.8. The van der Waals surface area contributed by atoms with Crippen LogP contribution in [0.1, 0.15) is 32.1 Å². The van der Waals surface area contributed by atoms with E-state index < -0.39 is 11.9 Å². The van der Waals surface area contributed by atoms with Crippen LogP contribution < -0.4 is 9.47 Å². The Morgan fingerprint density at radius 2 is 0.473 bits per heavy atom. The van der Waals surface area contributed by atoms with Gasteiger partial charge < -0.3 is 28.5 Å². The molecule has 0 aliphatic rings. The Morgan fingerprint density at radius 3 is 0.679 bits per heavy atom. The molecule has 0 atom stereocenters. The zero-order valence-corrected chi connectivity index (χ0v) is 124. The Hall–Kier alpha value is 10.4. The number of aromatic nitrogens is 2. The summed E-state index contributed by atoms with van der Waals surface area (Å²) in [6.45, 7) is 0.750. The monoisotopic (exact) mass is 3200 g/mol. The van der Waals surface area contributed by atoms with Crippen LogP contribution >= 0.6 is 46.4 Å². The maximum Gasteiger partial charge on any atom is 0.358 e. The van der Waals surface area contributed by atoms with Gasteiger partial charge in [-0.25, -0.2) is 9.59 Å². The number of carboxylic acids is 1. The van der Waals surface area contributed by atoms with Gasteiger partial charge in [-0.05, 0) is 96.1 Å². The van der Waals surface area contributed by atoms with Crippen molar-refractivity contribution in [2.45, 2.75) is 13.1 Å². The standard InChI is InChI=1S/C23H17Cl2NO3.C22H15Cl2NO3.S56.S18/c1-28-23(27)21-22(29-18-8-3-2-4-9-18)19-13-17(25)10-11-20(19)26(21)14-15-6-5-7-16(24)12-15;23-15-6-4-5-14(11-15)13-25-19-10-9-16(24)12-18(19)21(20(25)22(26)27)28-17-7-2-1-3-8-17;1-3-5-7-9-11-13-15-17-19-21-23-25-27-29-31-33-35-37-39-41-43-45-47-49-51-53-55-56-54-52-50-48-46-44-42-40-38-36-34-32-30-28-26-24-22-20-18-16-14-12-10-8-6-4-2;1-3-5-7-9-11-13-15-17-18-16-14-12-10-8-6-4-2/h2-13H,14H2,1H3;1-12H,13H2,(H,26,27);;. The van der Waals surface area contributed by atoms with Gasteiger partial charge in [-0.15, -0.1) is 0 Å². The van der Waals surface area contributed by atoms with E-state index in [1.165, 1.54) is 42.6 Å². The highest BCUT2D eigenvalue weighted by atomic mass is 35.5. The van der Waals surface area contributed by atoms with Crippen molar-refractivity contribution in [2.75, 3.05) is 7.11 Å². The number of esters is 1. The molecule has 0 saturated heterocycles. The van der Waals surface area contributed by atoms with Gasteiger partial charge in [0.25, 0.3) is 0 Å². The van der Waals surface area contributed by atoms with E-state index in [1.54, 1.807) is 284 Å². The normalized spacial score (nSPS) is 9.08. The smallest absolute Gasteiger partial charge is 0.358 e. The Kier molecular flexibility index (Phi) is 95.7. The molecule has 0 fully saturated rings. The first-order chi connectivity index (χ1) is 64.4. The number of carboxylic acid groups (broad SMARTS) is 1. The van der Waals surface area contributed by atoms with Gasteiger partial charge in [-0.1, -0.05) is 107 Å². The highest BCUT2D eigenvalue weighted by Crippen LogP contribution is 2.40. The van der Waals surface area contributed by atoms with Crippen molar-refractivity contribution in [2.24, 2.45) is 0 Å². The Labute approximate surface area is 991 Å². The number of hydrogen-bond donors (Lipinski definition) is 1. The number of carbonyl (C=O) groups is 2. The molecule has 86 heteroatoms. The SMILES string of the molecule is COC(=O)c1c(Oc2ccccc2)c2cc(Cl)ccc2n1Cc1cccc(Cl)c1.O=C(O)c1c(Oc2ccccc2)c2cc(Cl)ccc2n1Cc1cccc(Cl)c1.S=S=S=S=S=S=S=S=S=S=S=S=S=S=S=S=S=S.S=S=S=S=S=S=S=S=S=S=S=S=S=S=S=S=S=S=S=S=S=S=S=S=S=S=S=S=S=S=S=S=S=S=S=S=S=S=S=S=S=S=S=S=S=S=S=S=S=S=S=S=S=S=S=S. The highest BCUT2D eigenvalue weighted by Gasteiger charge is 2.27. The molecule has 0 amide bonds. The van der Waals surface area contributed by atoms with Crippen LogP contribution in [-0.2, 0) is 684 Å². The number of hydrogen-bond acceptors (Lipinski definition) is 9. The number of aromatic carboxylic acids is 1. The lowest BCUT2D eigenvalue weighted by molar-refractivity contribution is 0.0585. The fourth-order valence-electron chi connectivity index (χ4n) is 7.24. The molecule has 2 heterocycles. The third kappa shape index (κ3) is 68.3. The van der Waals surface area contributed by atoms with Crippen LogP contribution in [0.4, 0.5) is 0 Å². The van der Waals surface area contributed by atoms with Crippen LogP contribution in [-0.4, -0.2) is 33.3 Å². The van der Waals surface area contributed by atoms with E-state index in [1.807, 2.05) is 457 Å². The average molecular weight is 3210 g/mol. The molecular weight excluding hydrogens is 3180 g/mol. The number of carbonyl (C=O) groups excluding carboxylic acids is 1. The molecule has 730 valence electrons. The molecule has 0 bridgehead atoms. The molecule has 2 aromatic heterocycles. The molecule has 8 aromatic rings. The number of nitrogens with zero attached hydrogens (tertiary/aromatic N) is 2. The van der Waals surface area contributed by atoms with E-state index in [0.29, 0.717) is 67.0 Å². The van der Waals surface area contributed by atoms with E-state index >= 15 is 0 Å². The number of fused-ring (bicyclic) bond motifs is 2. The second-order valence-electron chi connectivity index (χ2n) is 17.5. The molecule has 8 rings (SSSR count). The van der Waals surface area contributed by atoms with Gasteiger partial charge in [0.15, 0.2) is 22.9 Å². The molecule has 0 radical (unpaired) electrons. The van der Waals surface area contributed by atoms with Crippen molar-refractivity contribution in [3.8, 4) is 23.0 Å². The minimum atomic E-state index is -1.08. The first-order valence-electron chi connectivity index (χ1n) is 29.5. The summed E-state index contributed by atoms with van der Waals surface area (Å²) in [5, 5.41) is 13.6. The third-order valence-corrected chi connectivity index (χ3v) is 163. The number of para-hydroxylation sites is 2. The fraction of sp³-hybridized carbons (Fsp3) is 0.0667. The molecule has 131 heavy (non-hydrogen) atoms. The van der Waals surface area contributed by atoms with Crippen molar-refractivity contribution in [3.05, 3.63) is 188 Å². The summed E-state index contributed by atoms with van der Waals surface area (Å²) in [6.07, 6.45) is 0. The van der Waals surface area contributed by atoms with Crippen LogP contribution in [0.15, 0.2) is 146 Å². The lowest BCUT2D eigenvalue weighted by Crippen LogP contribution is -2.12. The highest BCUT2D eigenvalue weighted by molar-refractivity contribution is 8.84. The van der Waals surface area contributed by atoms with Crippen LogP contribution in [0.5, 0.6) is 23.0 Å². The van der Waals surface area contributed by atoms with Crippen molar-refractivity contribution < 1.29 is 28.9 Å². The van der Waals surface area contributed by atoms with Crippen molar-refractivity contribution in [1.82, 2.24) is 9.13 Å². The topological polar surface area (TPSA) is 91.9 Å². The first kappa shape index (κ1) is 132. The predicted molar refractivity (Wildman–Crippen MR) is 771 cm³/mol. The Bertz CT molecular complexity index is 8910. The zero-order chi connectivity index (χ0) is 93.6. The Morgan fingerprint density at radius 1 is 0.267 bits per heavy atom. The lowest BCUT2D eigenvalue weighted by atomic mass is 10.2. The largest absolute Gasteiger partial charge is 0.476 e. The van der Waals surface area contributed by atoms with E-state index in [2.05, 4.69) is 0 Å². The summed E-state index contributed by atoms with van der Waals surface area (Å²) in [6, 6.07) is 43.9. The minimum absolute atomic E-state index is 0.0566. The summed E-state index contributed by atoms with van der Waals surface area (Å²) >= 11 is 43.8. The summed E-state index contributed by atoms with van der Waals surface area (Å²) in [4.78, 5) is 25.0. The quantitative estimate of drug-likeness (QED) is 0.134. The van der Waals surface area contributed by atoms with Crippen LogP contribution in [0.3, 0.4) is 0 Å². The number of benzene rings is 6. The fourth-order valence-corrected chi connectivity index (χ4v) is 189. The maximum absolute atomic E-state index is 12.8. The number of halogens is 4. The van der Waals surface area contributed by atoms with E-state index in [9.17, 15) is 14.7 Å². The first-order valence-corrected chi connectivity index (χ1v) is 127. The molecule has 6 aromatic carbocycles. The molecule has 0 aliphatic heterocycles.